The van der Waals surface area contributed by atoms with Crippen LogP contribution in [0.5, 0.6) is 0 Å². The Bertz CT molecular complexity index is 5440. The molecule has 0 radical (unpaired) electrons. The van der Waals surface area contributed by atoms with Gasteiger partial charge in [-0.15, -0.1) is 0 Å². The molecule has 7 nitrogen and oxygen atoms in total. The van der Waals surface area contributed by atoms with Crippen LogP contribution in [0, 0.1) is 11.3 Å². The molecule has 0 N–H and O–H groups in total. The molecule has 0 spiro atoms. The Labute approximate surface area is 546 Å². The monoisotopic (exact) mass is 1260 g/mol. The van der Waals surface area contributed by atoms with Crippen LogP contribution in [-0.2, 0) is 12.4 Å². The van der Waals surface area contributed by atoms with E-state index in [2.05, 4.69) is 6.07 Å². The highest BCUT2D eigenvalue weighted by molar-refractivity contribution is 6.15. The summed E-state index contributed by atoms with van der Waals surface area (Å²) in [6.45, 7) is 0. The number of alkyl halides is 6. The average molecular weight is 1260 g/mol. The number of nitriles is 1. The molecule has 0 bridgehead atoms. The van der Waals surface area contributed by atoms with E-state index in [1.807, 2.05) is 243 Å². The number of nitrogens with zero attached hydrogens (tertiary/aromatic N) is 7. The van der Waals surface area contributed by atoms with Crippen LogP contribution in [0.3, 0.4) is 0 Å². The smallest absolute Gasteiger partial charge is 0.309 e. The first-order valence-corrected chi connectivity index (χ1v) is 30.9. The fourth-order valence-electron chi connectivity index (χ4n) is 13.6. The van der Waals surface area contributed by atoms with Crippen LogP contribution in [0.25, 0.3) is 156 Å². The summed E-state index contributed by atoms with van der Waals surface area (Å²) in [6.07, 6.45) is -3.71. The summed E-state index contributed by atoms with van der Waals surface area (Å²) in [6, 6.07) is 84.6. The predicted molar refractivity (Wildman–Crippen MR) is 370 cm³/mol. The maximum Gasteiger partial charge on any atom is 0.417 e. The number of halogens is 6. The number of hydrogen-bond donors (Lipinski definition) is 0. The number of rotatable bonds is 11. The number of aromatic nitrogens is 6. The third-order valence-electron chi connectivity index (χ3n) is 17.9. The fourth-order valence-corrected chi connectivity index (χ4v) is 13.6. The van der Waals surface area contributed by atoms with Gasteiger partial charge >= 0.3 is 12.4 Å². The Kier molecular flexibility index (Phi) is 14.4. The minimum atomic E-state index is -5.30. The molecule has 0 unspecified atom stereocenters. The minimum Gasteiger partial charge on any atom is -0.309 e. The summed E-state index contributed by atoms with van der Waals surface area (Å²) < 4.78 is 100. The first-order chi connectivity index (χ1) is 46.9. The second kappa shape index (κ2) is 23.5. The van der Waals surface area contributed by atoms with Crippen LogP contribution in [0.2, 0.25) is 0 Å². The van der Waals surface area contributed by atoms with Gasteiger partial charge < -0.3 is 9.13 Å². The summed E-state index contributed by atoms with van der Waals surface area (Å²) in [5, 5.41) is 14.4. The van der Waals surface area contributed by atoms with Gasteiger partial charge in [0, 0.05) is 102 Å². The van der Waals surface area contributed by atoms with Crippen LogP contribution < -0.4 is 0 Å². The SMILES string of the molecule is N#Cc1cc(-n2c3ccc(-c4cccnc4-c4ccccc4)cc3c3cc(-c4cccnc4-c4ccccc4)ccc32)c(-c2c(C(F)(F)F)cccc2C(F)(F)F)cc1-n1c2ccc(-c3cccnc3-c3ccccc3)cc2c2cc(-c3cccnc3-c3ccccc3)ccc21. The maximum absolute atomic E-state index is 16.1. The number of pyridine rings is 4. The van der Waals surface area contributed by atoms with Crippen LogP contribution in [0.4, 0.5) is 26.3 Å². The highest BCUT2D eigenvalue weighted by Crippen LogP contribution is 2.51. The largest absolute Gasteiger partial charge is 0.417 e. The van der Waals surface area contributed by atoms with Gasteiger partial charge in [-0.3, -0.25) is 19.9 Å². The van der Waals surface area contributed by atoms with E-state index in [1.165, 1.54) is 12.1 Å². The molecule has 0 aliphatic carbocycles. The van der Waals surface area contributed by atoms with Crippen LogP contribution in [0.1, 0.15) is 16.7 Å². The van der Waals surface area contributed by atoms with Crippen molar-refractivity contribution in [3.8, 4) is 118 Å². The van der Waals surface area contributed by atoms with E-state index in [9.17, 15) is 5.26 Å². The van der Waals surface area contributed by atoms with Crippen LogP contribution in [0.15, 0.2) is 298 Å². The molecule has 0 saturated heterocycles. The van der Waals surface area contributed by atoms with Crippen LogP contribution in [-0.4, -0.2) is 29.1 Å². The lowest BCUT2D eigenvalue weighted by molar-refractivity contribution is -0.142. The Balaban J connectivity index is 1.00. The molecule has 0 aliphatic heterocycles. The van der Waals surface area contributed by atoms with E-state index in [-0.39, 0.29) is 16.9 Å². The molecule has 458 valence electrons. The van der Waals surface area contributed by atoms with Crippen molar-refractivity contribution >= 4 is 43.6 Å². The van der Waals surface area contributed by atoms with Crippen molar-refractivity contribution in [1.29, 1.82) is 5.26 Å². The molecular formula is C83H49F6N7. The van der Waals surface area contributed by atoms with Gasteiger partial charge in [-0.1, -0.05) is 176 Å². The van der Waals surface area contributed by atoms with Crippen molar-refractivity contribution in [3.05, 3.63) is 314 Å². The van der Waals surface area contributed by atoms with Gasteiger partial charge in [0.15, 0.2) is 0 Å². The maximum atomic E-state index is 16.1. The van der Waals surface area contributed by atoms with Crippen LogP contribution >= 0.6 is 0 Å². The Morgan fingerprint density at radius 3 is 0.875 bits per heavy atom. The lowest BCUT2D eigenvalue weighted by Gasteiger charge is -2.24. The molecule has 6 heterocycles. The Morgan fingerprint density at radius 2 is 0.583 bits per heavy atom. The Morgan fingerprint density at radius 1 is 0.281 bits per heavy atom. The zero-order valence-electron chi connectivity index (χ0n) is 50.7. The number of fused-ring (bicyclic) bond motifs is 6. The number of hydrogen-bond acceptors (Lipinski definition) is 5. The summed E-state index contributed by atoms with van der Waals surface area (Å²) in [5.74, 6) is 0. The van der Waals surface area contributed by atoms with Crippen molar-refractivity contribution in [2.75, 3.05) is 0 Å². The van der Waals surface area contributed by atoms with E-state index in [1.54, 1.807) is 33.9 Å². The summed E-state index contributed by atoms with van der Waals surface area (Å²) in [7, 11) is 0. The quantitative estimate of drug-likeness (QED) is 0.120. The van der Waals surface area contributed by atoms with Gasteiger partial charge in [-0.2, -0.15) is 31.6 Å². The van der Waals surface area contributed by atoms with Gasteiger partial charge in [0.05, 0.1) is 72.9 Å². The molecule has 16 aromatic rings. The molecule has 96 heavy (non-hydrogen) atoms. The summed E-state index contributed by atoms with van der Waals surface area (Å²) in [5.41, 5.74) is 9.86. The molecule has 0 amide bonds. The second-order valence-electron chi connectivity index (χ2n) is 23.4. The van der Waals surface area contributed by atoms with E-state index in [4.69, 9.17) is 19.9 Å². The van der Waals surface area contributed by atoms with Gasteiger partial charge in [0.25, 0.3) is 0 Å². The second-order valence-corrected chi connectivity index (χ2v) is 23.4. The van der Waals surface area contributed by atoms with Gasteiger partial charge in [-0.05, 0) is 119 Å². The van der Waals surface area contributed by atoms with E-state index < -0.39 is 34.6 Å². The molecule has 16 rings (SSSR count). The predicted octanol–water partition coefficient (Wildman–Crippen LogP) is 22.4. The highest BCUT2D eigenvalue weighted by Gasteiger charge is 2.42. The molecule has 0 fully saturated rings. The average Bonchev–Trinajstić information content (AvgIpc) is 1.55. The topological polar surface area (TPSA) is 85.2 Å². The van der Waals surface area contributed by atoms with Crippen molar-refractivity contribution in [2.45, 2.75) is 12.4 Å². The van der Waals surface area contributed by atoms with E-state index in [0.717, 1.165) is 84.2 Å². The third-order valence-corrected chi connectivity index (χ3v) is 17.9. The fraction of sp³-hybridized carbons (Fsp3) is 0.0241. The van der Waals surface area contributed by atoms with E-state index in [0.29, 0.717) is 67.1 Å². The van der Waals surface area contributed by atoms with Gasteiger partial charge in [0.1, 0.15) is 6.07 Å². The zero-order chi connectivity index (χ0) is 65.2. The highest BCUT2D eigenvalue weighted by atomic mass is 19.4. The minimum absolute atomic E-state index is 0.0371. The summed E-state index contributed by atoms with van der Waals surface area (Å²) >= 11 is 0. The third kappa shape index (κ3) is 10.2. The zero-order valence-corrected chi connectivity index (χ0v) is 50.7. The van der Waals surface area contributed by atoms with Gasteiger partial charge in [-0.25, -0.2) is 0 Å². The van der Waals surface area contributed by atoms with Crippen molar-refractivity contribution in [2.24, 2.45) is 0 Å². The molecule has 0 atom stereocenters. The molecule has 0 aliphatic rings. The molecule has 10 aromatic carbocycles. The molecule has 13 heteroatoms. The molecule has 6 aromatic heterocycles. The van der Waals surface area contributed by atoms with Crippen molar-refractivity contribution < 1.29 is 26.3 Å². The standard InChI is InChI=1S/C83H49F6N7/c84-82(85,86)69-30-13-31-70(83(87,88)89)77(69)68-49-75(95-71-36-32-55(60-26-14-40-91-78(60)51-18-5-1-6-19-51)44-64(71)65-45-56(33-37-72(65)95)61-27-15-41-92-79(61)52-20-7-2-8-21-52)59(50-90)48-76(68)96-73-38-34-57(62-28-16-42-93-80(62)53-22-9-3-10-23-53)46-66(73)67-47-58(35-39-74(67)96)63-29-17-43-94-81(63)54-24-11-4-12-25-54/h1-49H. The summed E-state index contributed by atoms with van der Waals surface area (Å²) in [4.78, 5) is 19.3. The van der Waals surface area contributed by atoms with Crippen molar-refractivity contribution in [1.82, 2.24) is 29.1 Å². The normalized spacial score (nSPS) is 11.8. The molecule has 0 saturated carbocycles. The van der Waals surface area contributed by atoms with Gasteiger partial charge in [0.2, 0.25) is 0 Å². The molecular weight excluding hydrogens is 1210 g/mol. The lowest BCUT2D eigenvalue weighted by Crippen LogP contribution is -2.15. The first kappa shape index (κ1) is 58.5. The number of benzene rings is 10. The Hall–Kier alpha value is -12.5. The first-order valence-electron chi connectivity index (χ1n) is 30.9. The van der Waals surface area contributed by atoms with E-state index >= 15 is 26.3 Å². The lowest BCUT2D eigenvalue weighted by atomic mass is 9.90. The van der Waals surface area contributed by atoms with Crippen molar-refractivity contribution in [3.63, 3.8) is 0 Å².